The van der Waals surface area contributed by atoms with Crippen molar-refractivity contribution < 1.29 is 28.6 Å². The molecule has 238 valence electrons. The second-order valence-corrected chi connectivity index (χ2v) is 12.6. The molecule has 8 heteroatoms. The zero-order chi connectivity index (χ0) is 30.6. The molecule has 8 nitrogen and oxygen atoms in total. The van der Waals surface area contributed by atoms with Crippen LogP contribution in [0.4, 0.5) is 0 Å². The van der Waals surface area contributed by atoms with Gasteiger partial charge in [0.2, 0.25) is 11.8 Å². The normalized spacial score (nSPS) is 17.9. The number of allylic oxidation sites excluding steroid dienone is 2. The van der Waals surface area contributed by atoms with Gasteiger partial charge < -0.3 is 24.4 Å². The molecular weight excluding hydrogens is 520 g/mol. The Morgan fingerprint density at radius 2 is 1.46 bits per heavy atom. The molecule has 1 N–H and O–H groups in total. The number of ether oxygens (including phenoxy) is 3. The molecule has 1 rings (SSSR count). The Hall–Kier alpha value is -1.93. The molecule has 0 aliphatic carbocycles. The molecule has 1 atom stereocenters. The van der Waals surface area contributed by atoms with E-state index in [1.807, 2.05) is 13.8 Å². The number of esters is 1. The molecular formula is C33H60N2O6. The van der Waals surface area contributed by atoms with Crippen molar-refractivity contribution in [2.24, 2.45) is 5.41 Å². The number of hydrogen-bond donors (Lipinski definition) is 1. The third kappa shape index (κ3) is 17.6. The largest absolute Gasteiger partial charge is 0.464 e. The molecule has 2 amide bonds. The summed E-state index contributed by atoms with van der Waals surface area (Å²) in [7, 11) is 1.74. The minimum atomic E-state index is -0.829. The summed E-state index contributed by atoms with van der Waals surface area (Å²) in [6.07, 6.45) is 20.6. The van der Waals surface area contributed by atoms with Gasteiger partial charge in [-0.05, 0) is 46.0 Å². The van der Waals surface area contributed by atoms with Gasteiger partial charge in [0, 0.05) is 25.4 Å². The molecule has 1 fully saturated rings. The highest BCUT2D eigenvalue weighted by molar-refractivity contribution is 5.82. The maximum Gasteiger partial charge on any atom is 0.307 e. The predicted molar refractivity (Wildman–Crippen MR) is 164 cm³/mol. The van der Waals surface area contributed by atoms with Gasteiger partial charge in [-0.2, -0.15) is 0 Å². The SMILES string of the molecule is CCCCCCCC/C=C\CCCCCCCC(=O)N(C)CCOC(=O)CCNC(=O)C1OC(C)(C)OCC1(C)C. The highest BCUT2D eigenvalue weighted by Gasteiger charge is 2.45. The van der Waals surface area contributed by atoms with Gasteiger partial charge in [0.25, 0.3) is 0 Å². The first-order chi connectivity index (χ1) is 19.5. The van der Waals surface area contributed by atoms with Gasteiger partial charge in [0.1, 0.15) is 12.7 Å². The van der Waals surface area contributed by atoms with Crippen molar-refractivity contribution in [3.05, 3.63) is 12.2 Å². The Balaban J connectivity index is 2.02. The molecule has 0 aromatic rings. The summed E-state index contributed by atoms with van der Waals surface area (Å²) in [5.41, 5.74) is -0.471. The van der Waals surface area contributed by atoms with Gasteiger partial charge in [-0.15, -0.1) is 0 Å². The Morgan fingerprint density at radius 3 is 2.10 bits per heavy atom. The van der Waals surface area contributed by atoms with Crippen LogP contribution in [0.5, 0.6) is 0 Å². The summed E-state index contributed by atoms with van der Waals surface area (Å²) in [4.78, 5) is 38.7. The van der Waals surface area contributed by atoms with Crippen molar-refractivity contribution in [2.75, 3.05) is 33.4 Å². The molecule has 1 aliphatic heterocycles. The topological polar surface area (TPSA) is 94.2 Å². The average molecular weight is 581 g/mol. The summed E-state index contributed by atoms with van der Waals surface area (Å²) in [5.74, 6) is -1.42. The maximum atomic E-state index is 12.6. The number of unbranched alkanes of at least 4 members (excludes halogenated alkanes) is 11. The zero-order valence-corrected chi connectivity index (χ0v) is 27.1. The van der Waals surface area contributed by atoms with Crippen molar-refractivity contribution in [3.8, 4) is 0 Å². The van der Waals surface area contributed by atoms with Crippen molar-refractivity contribution in [1.82, 2.24) is 10.2 Å². The lowest BCUT2D eigenvalue weighted by Crippen LogP contribution is -2.56. The Bertz CT molecular complexity index is 780. The fraction of sp³-hybridized carbons (Fsp3) is 0.848. The molecule has 0 saturated carbocycles. The number of rotatable bonds is 22. The Kier molecular flexibility index (Phi) is 18.9. The number of hydrogen-bond acceptors (Lipinski definition) is 6. The summed E-state index contributed by atoms with van der Waals surface area (Å²) < 4.78 is 16.7. The van der Waals surface area contributed by atoms with Crippen LogP contribution in [0.15, 0.2) is 12.2 Å². The molecule has 0 radical (unpaired) electrons. The van der Waals surface area contributed by atoms with Gasteiger partial charge in [0.15, 0.2) is 5.79 Å². The van der Waals surface area contributed by atoms with E-state index in [0.717, 1.165) is 25.7 Å². The predicted octanol–water partition coefficient (Wildman–Crippen LogP) is 6.71. The van der Waals surface area contributed by atoms with Crippen molar-refractivity contribution in [2.45, 2.75) is 143 Å². The van der Waals surface area contributed by atoms with E-state index in [4.69, 9.17) is 14.2 Å². The number of nitrogens with zero attached hydrogens (tertiary/aromatic N) is 1. The molecule has 0 bridgehead atoms. The van der Waals surface area contributed by atoms with Gasteiger partial charge in [-0.1, -0.05) is 84.3 Å². The first kappa shape index (κ1) is 37.1. The minimum absolute atomic E-state index is 0.0609. The molecule has 1 unspecified atom stereocenters. The lowest BCUT2D eigenvalue weighted by atomic mass is 9.85. The lowest BCUT2D eigenvalue weighted by molar-refractivity contribution is -0.304. The molecule has 0 spiro atoms. The molecule has 1 aliphatic rings. The molecule has 0 aromatic heterocycles. The third-order valence-electron chi connectivity index (χ3n) is 7.54. The zero-order valence-electron chi connectivity index (χ0n) is 27.1. The van der Waals surface area contributed by atoms with E-state index < -0.39 is 23.3 Å². The van der Waals surface area contributed by atoms with E-state index in [-0.39, 0.29) is 31.4 Å². The van der Waals surface area contributed by atoms with Crippen molar-refractivity contribution in [3.63, 3.8) is 0 Å². The second kappa shape index (κ2) is 20.9. The van der Waals surface area contributed by atoms with Crippen LogP contribution in [0.25, 0.3) is 0 Å². The standard InChI is InChI=1S/C33H60N2O6/c1-7-8-9-10-11-12-13-14-15-16-17-18-19-20-21-22-28(36)35(6)25-26-39-29(37)23-24-34-31(38)30-32(2,3)27-40-33(4,5)41-30/h14-15,30H,7-13,16-27H2,1-6H3,(H,34,38)/b15-14-. The summed E-state index contributed by atoms with van der Waals surface area (Å²) in [6.45, 7) is 10.7. The number of carbonyl (C=O) groups is 3. The van der Waals surface area contributed by atoms with Crippen molar-refractivity contribution in [1.29, 1.82) is 0 Å². The van der Waals surface area contributed by atoms with Gasteiger partial charge in [-0.3, -0.25) is 14.4 Å². The first-order valence-electron chi connectivity index (χ1n) is 16.1. The van der Waals surface area contributed by atoms with E-state index in [1.54, 1.807) is 25.8 Å². The van der Waals surface area contributed by atoms with Crippen LogP contribution < -0.4 is 5.32 Å². The molecule has 41 heavy (non-hydrogen) atoms. The van der Waals surface area contributed by atoms with Gasteiger partial charge >= 0.3 is 5.97 Å². The summed E-state index contributed by atoms with van der Waals surface area (Å²) in [5, 5.41) is 2.77. The lowest BCUT2D eigenvalue weighted by Gasteiger charge is -2.44. The van der Waals surface area contributed by atoms with E-state index in [1.165, 1.54) is 57.8 Å². The average Bonchev–Trinajstić information content (AvgIpc) is 2.92. The van der Waals surface area contributed by atoms with E-state index in [9.17, 15) is 14.4 Å². The fourth-order valence-electron chi connectivity index (χ4n) is 4.73. The van der Waals surface area contributed by atoms with Crippen LogP contribution in [0.3, 0.4) is 0 Å². The summed E-state index contributed by atoms with van der Waals surface area (Å²) >= 11 is 0. The smallest absolute Gasteiger partial charge is 0.307 e. The fourth-order valence-corrected chi connectivity index (χ4v) is 4.73. The highest BCUT2D eigenvalue weighted by atomic mass is 16.7. The molecule has 0 aromatic carbocycles. The first-order valence-corrected chi connectivity index (χ1v) is 16.1. The monoisotopic (exact) mass is 580 g/mol. The van der Waals surface area contributed by atoms with Crippen LogP contribution >= 0.6 is 0 Å². The molecule has 1 saturated heterocycles. The van der Waals surface area contributed by atoms with Crippen LogP contribution in [0.1, 0.15) is 131 Å². The van der Waals surface area contributed by atoms with Crippen LogP contribution in [0, 0.1) is 5.41 Å². The summed E-state index contributed by atoms with van der Waals surface area (Å²) in [6, 6.07) is 0. The van der Waals surface area contributed by atoms with Crippen molar-refractivity contribution >= 4 is 17.8 Å². The van der Waals surface area contributed by atoms with Crippen LogP contribution in [-0.2, 0) is 28.6 Å². The number of likely N-dealkylation sites (N-methyl/N-ethyl adjacent to an activating group) is 1. The number of carbonyl (C=O) groups excluding carboxylic acids is 3. The van der Waals surface area contributed by atoms with E-state index in [2.05, 4.69) is 24.4 Å². The number of nitrogens with one attached hydrogen (secondary N) is 1. The Labute approximate surface area is 250 Å². The minimum Gasteiger partial charge on any atom is -0.464 e. The van der Waals surface area contributed by atoms with E-state index >= 15 is 0 Å². The number of amides is 2. The van der Waals surface area contributed by atoms with Crippen LogP contribution in [-0.4, -0.2) is 67.9 Å². The van der Waals surface area contributed by atoms with Gasteiger partial charge in [-0.25, -0.2) is 0 Å². The Morgan fingerprint density at radius 1 is 0.878 bits per heavy atom. The van der Waals surface area contributed by atoms with E-state index in [0.29, 0.717) is 19.6 Å². The second-order valence-electron chi connectivity index (χ2n) is 12.6. The van der Waals surface area contributed by atoms with Gasteiger partial charge in [0.05, 0.1) is 19.6 Å². The third-order valence-corrected chi connectivity index (χ3v) is 7.54. The van der Waals surface area contributed by atoms with Crippen LogP contribution in [0.2, 0.25) is 0 Å². The maximum absolute atomic E-state index is 12.6. The highest BCUT2D eigenvalue weighted by Crippen LogP contribution is 2.34. The molecule has 1 heterocycles. The quantitative estimate of drug-likeness (QED) is 0.0869.